The van der Waals surface area contributed by atoms with Crippen molar-refractivity contribution in [3.05, 3.63) is 24.3 Å². The monoisotopic (exact) mass is 533 g/mol. The summed E-state index contributed by atoms with van der Waals surface area (Å²) in [5.74, 6) is 0. The first-order chi connectivity index (χ1) is 18.9. The van der Waals surface area contributed by atoms with Gasteiger partial charge in [-0.1, -0.05) is 192 Å². The van der Waals surface area contributed by atoms with Gasteiger partial charge < -0.3 is 5.11 Å². The van der Waals surface area contributed by atoms with Gasteiger partial charge in [0, 0.05) is 6.61 Å². The van der Waals surface area contributed by atoms with Crippen LogP contribution in [0, 0.1) is 0 Å². The molecule has 0 aliphatic rings. The minimum Gasteiger partial charge on any atom is -0.396 e. The fraction of sp³-hybridized carbons (Fsp3) is 0.892. The predicted molar refractivity (Wildman–Crippen MR) is 174 cm³/mol. The molecule has 0 aromatic heterocycles. The van der Waals surface area contributed by atoms with Crippen LogP contribution in [0.3, 0.4) is 0 Å². The molecule has 0 aliphatic carbocycles. The minimum absolute atomic E-state index is 0.371. The van der Waals surface area contributed by atoms with Gasteiger partial charge in [0.05, 0.1) is 0 Å². The third-order valence-electron chi connectivity index (χ3n) is 8.11. The zero-order chi connectivity index (χ0) is 27.5. The van der Waals surface area contributed by atoms with Gasteiger partial charge in [-0.05, 0) is 38.5 Å². The largest absolute Gasteiger partial charge is 0.396 e. The number of aliphatic hydroxyl groups excluding tert-OH is 1. The molecule has 0 radical (unpaired) electrons. The van der Waals surface area contributed by atoms with Crippen LogP contribution in [-0.2, 0) is 0 Å². The minimum atomic E-state index is 0.371. The van der Waals surface area contributed by atoms with Crippen molar-refractivity contribution in [2.45, 2.75) is 206 Å². The molecule has 0 heterocycles. The fourth-order valence-electron chi connectivity index (χ4n) is 5.46. The molecule has 0 aromatic rings. The highest BCUT2D eigenvalue weighted by molar-refractivity contribution is 4.92. The summed E-state index contributed by atoms with van der Waals surface area (Å²) in [6, 6.07) is 0. The van der Waals surface area contributed by atoms with Gasteiger partial charge in [-0.2, -0.15) is 0 Å². The molecule has 0 atom stereocenters. The average Bonchev–Trinajstić information content (AvgIpc) is 2.93. The number of aliphatic hydroxyl groups is 1. The summed E-state index contributed by atoms with van der Waals surface area (Å²) in [5.41, 5.74) is 0. The van der Waals surface area contributed by atoms with Crippen molar-refractivity contribution >= 4 is 0 Å². The van der Waals surface area contributed by atoms with E-state index in [1.807, 2.05) is 0 Å². The second kappa shape index (κ2) is 36.4. The van der Waals surface area contributed by atoms with Crippen molar-refractivity contribution in [2.75, 3.05) is 6.61 Å². The molecule has 1 nitrogen and oxygen atoms in total. The molecule has 0 spiro atoms. The second-order valence-electron chi connectivity index (χ2n) is 12.0. The Morgan fingerprint density at radius 3 is 0.868 bits per heavy atom. The van der Waals surface area contributed by atoms with Crippen LogP contribution in [0.1, 0.15) is 206 Å². The Morgan fingerprint density at radius 1 is 0.316 bits per heavy atom. The summed E-state index contributed by atoms with van der Waals surface area (Å²) in [7, 11) is 0. The number of unbranched alkanes of at least 4 members (excludes halogenated alkanes) is 28. The number of rotatable bonds is 33. The summed E-state index contributed by atoms with van der Waals surface area (Å²) in [4.78, 5) is 0. The Morgan fingerprint density at radius 2 is 0.579 bits per heavy atom. The molecular weight excluding hydrogens is 460 g/mol. The van der Waals surface area contributed by atoms with Crippen molar-refractivity contribution in [3.63, 3.8) is 0 Å². The van der Waals surface area contributed by atoms with E-state index in [-0.39, 0.29) is 0 Å². The van der Waals surface area contributed by atoms with Crippen LogP contribution in [-0.4, -0.2) is 11.7 Å². The molecule has 1 N–H and O–H groups in total. The lowest BCUT2D eigenvalue weighted by molar-refractivity contribution is 0.282. The number of allylic oxidation sites excluding steroid dienone is 4. The van der Waals surface area contributed by atoms with E-state index in [0.29, 0.717) is 6.61 Å². The molecule has 0 bridgehead atoms. The molecule has 0 unspecified atom stereocenters. The van der Waals surface area contributed by atoms with Gasteiger partial charge in [0.15, 0.2) is 0 Å². The van der Waals surface area contributed by atoms with Crippen LogP contribution < -0.4 is 0 Å². The van der Waals surface area contributed by atoms with Crippen molar-refractivity contribution < 1.29 is 5.11 Å². The highest BCUT2D eigenvalue weighted by atomic mass is 16.2. The molecule has 0 amide bonds. The second-order valence-corrected chi connectivity index (χ2v) is 12.0. The first kappa shape index (κ1) is 37.4. The molecule has 0 aliphatic heterocycles. The van der Waals surface area contributed by atoms with E-state index in [9.17, 15) is 0 Å². The van der Waals surface area contributed by atoms with Crippen molar-refractivity contribution in [3.8, 4) is 0 Å². The maximum atomic E-state index is 8.78. The lowest BCUT2D eigenvalue weighted by atomic mass is 10.0. The Labute approximate surface area is 241 Å². The SMILES string of the molecule is CCCCCCCCCCC=CCC=CCCCCCCCCCCCCCCCCCCCCCCO. The Hall–Kier alpha value is -0.560. The zero-order valence-electron chi connectivity index (χ0n) is 26.4. The van der Waals surface area contributed by atoms with E-state index < -0.39 is 0 Å². The highest BCUT2D eigenvalue weighted by Gasteiger charge is 1.96. The quantitative estimate of drug-likeness (QED) is 0.0658. The van der Waals surface area contributed by atoms with Crippen molar-refractivity contribution in [1.29, 1.82) is 0 Å². The third-order valence-corrected chi connectivity index (χ3v) is 8.11. The number of hydrogen-bond acceptors (Lipinski definition) is 1. The molecule has 0 saturated heterocycles. The van der Waals surface area contributed by atoms with Crippen LogP contribution in [0.25, 0.3) is 0 Å². The lowest BCUT2D eigenvalue weighted by Gasteiger charge is -2.04. The van der Waals surface area contributed by atoms with Gasteiger partial charge >= 0.3 is 0 Å². The van der Waals surface area contributed by atoms with E-state index >= 15 is 0 Å². The van der Waals surface area contributed by atoms with Gasteiger partial charge in [0.25, 0.3) is 0 Å². The Balaban J connectivity index is 3.12. The van der Waals surface area contributed by atoms with E-state index in [2.05, 4.69) is 31.2 Å². The lowest BCUT2D eigenvalue weighted by Crippen LogP contribution is -1.85. The molecule has 0 fully saturated rings. The topological polar surface area (TPSA) is 20.2 Å². The molecule has 0 aromatic carbocycles. The summed E-state index contributed by atoms with van der Waals surface area (Å²) in [5, 5.41) is 8.78. The van der Waals surface area contributed by atoms with E-state index in [4.69, 9.17) is 5.11 Å². The average molecular weight is 533 g/mol. The summed E-state index contributed by atoms with van der Waals surface area (Å²) < 4.78 is 0. The molecule has 1 heteroatoms. The van der Waals surface area contributed by atoms with Crippen LogP contribution in [0.5, 0.6) is 0 Å². The third kappa shape index (κ3) is 35.4. The van der Waals surface area contributed by atoms with Crippen LogP contribution in [0.15, 0.2) is 24.3 Å². The maximum Gasteiger partial charge on any atom is 0.0431 e. The van der Waals surface area contributed by atoms with Crippen LogP contribution >= 0.6 is 0 Å². The fourth-order valence-corrected chi connectivity index (χ4v) is 5.46. The predicted octanol–water partition coefficient (Wildman–Crippen LogP) is 13.2. The zero-order valence-corrected chi connectivity index (χ0v) is 26.4. The van der Waals surface area contributed by atoms with Crippen molar-refractivity contribution in [1.82, 2.24) is 0 Å². The summed E-state index contributed by atoms with van der Waals surface area (Å²) in [6.07, 6.45) is 52.6. The van der Waals surface area contributed by atoms with Gasteiger partial charge in [-0.25, -0.2) is 0 Å². The molecular formula is C37H72O. The highest BCUT2D eigenvalue weighted by Crippen LogP contribution is 2.15. The standard InChI is InChI=1S/C37H72O/c1-2-3-4-5-6-7-8-9-10-11-12-13-14-15-16-17-18-19-20-21-22-23-24-25-26-27-28-29-30-31-32-33-34-35-36-37-38/h11-12,14-15,38H,2-10,13,16-37H2,1H3. The molecule has 38 heavy (non-hydrogen) atoms. The first-order valence-electron chi connectivity index (χ1n) is 17.8. The van der Waals surface area contributed by atoms with Gasteiger partial charge in [-0.3, -0.25) is 0 Å². The van der Waals surface area contributed by atoms with E-state index in [1.165, 1.54) is 186 Å². The van der Waals surface area contributed by atoms with Crippen LogP contribution in [0.4, 0.5) is 0 Å². The van der Waals surface area contributed by atoms with Crippen molar-refractivity contribution in [2.24, 2.45) is 0 Å². The normalized spacial score (nSPS) is 11.9. The van der Waals surface area contributed by atoms with Gasteiger partial charge in [-0.15, -0.1) is 0 Å². The Bertz CT molecular complexity index is 452. The first-order valence-corrected chi connectivity index (χ1v) is 17.8. The smallest absolute Gasteiger partial charge is 0.0431 e. The summed E-state index contributed by atoms with van der Waals surface area (Å²) in [6.45, 7) is 2.67. The van der Waals surface area contributed by atoms with Gasteiger partial charge in [0.2, 0.25) is 0 Å². The maximum absolute atomic E-state index is 8.78. The molecule has 0 rings (SSSR count). The van der Waals surface area contributed by atoms with Gasteiger partial charge in [0.1, 0.15) is 0 Å². The Kier molecular flexibility index (Phi) is 35.9. The number of hydrogen-bond donors (Lipinski definition) is 1. The summed E-state index contributed by atoms with van der Waals surface area (Å²) >= 11 is 0. The molecule has 226 valence electrons. The van der Waals surface area contributed by atoms with E-state index in [1.54, 1.807) is 0 Å². The molecule has 0 saturated carbocycles. The van der Waals surface area contributed by atoms with Crippen LogP contribution in [0.2, 0.25) is 0 Å². The van der Waals surface area contributed by atoms with E-state index in [0.717, 1.165) is 12.8 Å².